The Morgan fingerprint density at radius 3 is 1.74 bits per heavy atom. The molecule has 4 aromatic carbocycles. The van der Waals surface area contributed by atoms with Gasteiger partial charge in [0.25, 0.3) is 0 Å². The normalized spacial score (nSPS) is 19.2. The molecule has 0 N–H and O–H groups in total. The van der Waals surface area contributed by atoms with E-state index in [2.05, 4.69) is 46.2 Å². The molecule has 166 valence electrons. The van der Waals surface area contributed by atoms with Crippen LogP contribution in [0.3, 0.4) is 0 Å². The number of anilines is 2. The van der Waals surface area contributed by atoms with E-state index in [-0.39, 0.29) is 5.78 Å². The molecule has 0 spiro atoms. The highest BCUT2D eigenvalue weighted by Crippen LogP contribution is 2.48. The fraction of sp³-hybridized carbons (Fsp3) is 0.103. The van der Waals surface area contributed by atoms with E-state index in [4.69, 9.17) is 5.10 Å². The molecule has 2 heterocycles. The van der Waals surface area contributed by atoms with Gasteiger partial charge < -0.3 is 9.80 Å². The maximum absolute atomic E-state index is 13.8. The number of amidine groups is 1. The van der Waals surface area contributed by atoms with Crippen molar-refractivity contribution in [2.75, 3.05) is 23.0 Å². The van der Waals surface area contributed by atoms with Gasteiger partial charge in [0.2, 0.25) is 17.4 Å². The van der Waals surface area contributed by atoms with Gasteiger partial charge in [-0.05, 0) is 24.3 Å². The quantitative estimate of drug-likeness (QED) is 0.390. The molecule has 0 saturated carbocycles. The topological polar surface area (TPSA) is 39.2 Å². The summed E-state index contributed by atoms with van der Waals surface area (Å²) in [5, 5.41) is 7.04. The van der Waals surface area contributed by atoms with E-state index in [1.54, 1.807) is 0 Å². The second kappa shape index (κ2) is 8.19. The summed E-state index contributed by atoms with van der Waals surface area (Å²) in [6.45, 7) is 1.42. The molecule has 2 aliphatic rings. The smallest absolute Gasteiger partial charge is 0.241 e. The van der Waals surface area contributed by atoms with Gasteiger partial charge in [-0.2, -0.15) is 0 Å². The van der Waals surface area contributed by atoms with E-state index in [0.29, 0.717) is 17.9 Å². The Morgan fingerprint density at radius 2 is 1.12 bits per heavy atom. The Morgan fingerprint density at radius 1 is 0.618 bits per heavy atom. The molecule has 0 aliphatic carbocycles. The summed E-state index contributed by atoms with van der Waals surface area (Å²) in [6, 6.07) is 40.2. The van der Waals surface area contributed by atoms with Crippen molar-refractivity contribution >= 4 is 23.0 Å². The predicted octanol–water partition coefficient (Wildman–Crippen LogP) is 5.34. The molecule has 0 bridgehead atoms. The molecule has 1 saturated heterocycles. The van der Waals surface area contributed by atoms with Gasteiger partial charge in [0.15, 0.2) is 0 Å². The van der Waals surface area contributed by atoms with Crippen molar-refractivity contribution in [2.45, 2.75) is 5.79 Å². The van der Waals surface area contributed by atoms with Crippen molar-refractivity contribution in [3.63, 3.8) is 0 Å². The zero-order valence-electron chi connectivity index (χ0n) is 18.7. The lowest BCUT2D eigenvalue weighted by Gasteiger charge is -2.46. The molecular formula is C29H24N4O. The molecule has 0 radical (unpaired) electrons. The van der Waals surface area contributed by atoms with Crippen LogP contribution in [-0.4, -0.2) is 29.6 Å². The number of Topliss-reactive ketones (excluding diaryl/α,β-unsaturated/α-hetero) is 1. The number of benzene rings is 4. The van der Waals surface area contributed by atoms with Crippen LogP contribution >= 0.6 is 0 Å². The molecule has 0 unspecified atom stereocenters. The van der Waals surface area contributed by atoms with Crippen molar-refractivity contribution in [1.82, 2.24) is 4.90 Å². The highest BCUT2D eigenvalue weighted by molar-refractivity contribution is 6.45. The number of fused-ring (bicyclic) bond motifs is 1. The van der Waals surface area contributed by atoms with Gasteiger partial charge in [-0.15, -0.1) is 5.10 Å². The average Bonchev–Trinajstić information content (AvgIpc) is 3.47. The number of ketones is 1. The largest absolute Gasteiger partial charge is 0.324 e. The van der Waals surface area contributed by atoms with Gasteiger partial charge in [-0.1, -0.05) is 97.1 Å². The molecule has 5 heteroatoms. The summed E-state index contributed by atoms with van der Waals surface area (Å²) in [5.74, 6) is -0.421. The number of hydrogen-bond acceptors (Lipinski definition) is 5. The van der Waals surface area contributed by atoms with Crippen LogP contribution < -0.4 is 9.91 Å². The minimum atomic E-state index is -0.802. The zero-order chi connectivity index (χ0) is 23.0. The van der Waals surface area contributed by atoms with Crippen LogP contribution in [0.25, 0.3) is 0 Å². The highest BCUT2D eigenvalue weighted by atomic mass is 16.1. The zero-order valence-corrected chi connectivity index (χ0v) is 18.7. The van der Waals surface area contributed by atoms with E-state index in [1.807, 2.05) is 89.9 Å². The van der Waals surface area contributed by atoms with Crippen LogP contribution in [0, 0.1) is 0 Å². The summed E-state index contributed by atoms with van der Waals surface area (Å²) in [6.07, 6.45) is 0. The maximum Gasteiger partial charge on any atom is 0.241 e. The number of nitrogens with zero attached hydrogens (tertiary/aromatic N) is 4. The maximum atomic E-state index is 13.8. The number of hydrogen-bond donors (Lipinski definition) is 0. The predicted molar refractivity (Wildman–Crippen MR) is 136 cm³/mol. The Labute approximate surface area is 199 Å². The molecule has 4 aromatic rings. The summed E-state index contributed by atoms with van der Waals surface area (Å²) < 4.78 is 0. The summed E-state index contributed by atoms with van der Waals surface area (Å²) in [4.78, 5) is 18.3. The van der Waals surface area contributed by atoms with Crippen LogP contribution in [0.2, 0.25) is 0 Å². The van der Waals surface area contributed by atoms with Crippen molar-refractivity contribution in [1.29, 1.82) is 0 Å². The summed E-state index contributed by atoms with van der Waals surface area (Å²) in [5.41, 5.74) is 3.70. The van der Waals surface area contributed by atoms with Gasteiger partial charge in [0.1, 0.15) is 0 Å². The third kappa shape index (κ3) is 3.01. The minimum absolute atomic E-state index is 0.0748. The second-order valence-electron chi connectivity index (χ2n) is 8.41. The number of hydrazone groups is 1. The molecule has 1 atom stereocenters. The third-order valence-electron chi connectivity index (χ3n) is 6.51. The third-order valence-corrected chi connectivity index (χ3v) is 6.51. The molecule has 2 aliphatic heterocycles. The lowest BCUT2D eigenvalue weighted by Crippen LogP contribution is -2.58. The van der Waals surface area contributed by atoms with E-state index in [1.165, 1.54) is 0 Å². The second-order valence-corrected chi connectivity index (χ2v) is 8.41. The molecule has 5 nitrogen and oxygen atoms in total. The fourth-order valence-corrected chi connectivity index (χ4v) is 5.06. The Kier molecular flexibility index (Phi) is 4.88. The van der Waals surface area contributed by atoms with Gasteiger partial charge in [-0.25, -0.2) is 5.01 Å². The van der Waals surface area contributed by atoms with Gasteiger partial charge in [0, 0.05) is 29.9 Å². The summed E-state index contributed by atoms with van der Waals surface area (Å²) >= 11 is 0. The highest BCUT2D eigenvalue weighted by Gasteiger charge is 2.60. The molecule has 1 fully saturated rings. The monoisotopic (exact) mass is 444 g/mol. The molecular weight excluding hydrogens is 420 g/mol. The van der Waals surface area contributed by atoms with E-state index in [0.717, 1.165) is 23.5 Å². The SMILES string of the molecule is O=C(C1=NN(c2ccccc2)[C@@]2(c3ccccc3)N1CCN2c1ccccc1)c1ccccc1. The lowest BCUT2D eigenvalue weighted by molar-refractivity contribution is 0.104. The number of carbonyl (C=O) groups excluding carboxylic acids is 1. The first kappa shape index (κ1) is 20.2. The summed E-state index contributed by atoms with van der Waals surface area (Å²) in [7, 11) is 0. The number of para-hydroxylation sites is 2. The van der Waals surface area contributed by atoms with Crippen molar-refractivity contribution in [2.24, 2.45) is 5.10 Å². The Hall–Kier alpha value is -4.38. The molecule has 0 aromatic heterocycles. The van der Waals surface area contributed by atoms with Gasteiger partial charge in [0.05, 0.1) is 5.69 Å². The van der Waals surface area contributed by atoms with Crippen LogP contribution in [-0.2, 0) is 5.79 Å². The number of carbonyl (C=O) groups is 1. The Balaban J connectivity index is 1.59. The van der Waals surface area contributed by atoms with Gasteiger partial charge >= 0.3 is 0 Å². The fourth-order valence-electron chi connectivity index (χ4n) is 5.06. The lowest BCUT2D eigenvalue weighted by atomic mass is 10.0. The first-order valence-corrected chi connectivity index (χ1v) is 11.5. The van der Waals surface area contributed by atoms with Crippen molar-refractivity contribution in [3.05, 3.63) is 132 Å². The van der Waals surface area contributed by atoms with Crippen LogP contribution in [0.15, 0.2) is 126 Å². The molecule has 6 rings (SSSR count). The van der Waals surface area contributed by atoms with E-state index < -0.39 is 5.79 Å². The van der Waals surface area contributed by atoms with Gasteiger partial charge in [-0.3, -0.25) is 4.79 Å². The van der Waals surface area contributed by atoms with Crippen molar-refractivity contribution in [3.8, 4) is 0 Å². The first-order valence-electron chi connectivity index (χ1n) is 11.5. The van der Waals surface area contributed by atoms with E-state index in [9.17, 15) is 4.79 Å². The average molecular weight is 445 g/mol. The van der Waals surface area contributed by atoms with Crippen molar-refractivity contribution < 1.29 is 4.79 Å². The molecule has 34 heavy (non-hydrogen) atoms. The molecule has 0 amide bonds. The Bertz CT molecular complexity index is 1330. The first-order chi connectivity index (χ1) is 16.8. The van der Waals surface area contributed by atoms with E-state index >= 15 is 0 Å². The minimum Gasteiger partial charge on any atom is -0.324 e. The number of rotatable bonds is 5. The standard InChI is InChI=1S/C29H24N4O/c34-27(23-13-5-1-6-14-23)28-30-33(26-19-11-4-12-20-26)29(24-15-7-2-8-16-24)31(21-22-32(28)29)25-17-9-3-10-18-25/h1-20H,21-22H2/t29-/m1/s1. The van der Waals surface area contributed by atoms with Crippen LogP contribution in [0.5, 0.6) is 0 Å². The van der Waals surface area contributed by atoms with Crippen LogP contribution in [0.1, 0.15) is 15.9 Å². The van der Waals surface area contributed by atoms with Crippen LogP contribution in [0.4, 0.5) is 11.4 Å².